The van der Waals surface area contributed by atoms with Crippen LogP contribution in [0.15, 0.2) is 29.2 Å². The zero-order valence-electron chi connectivity index (χ0n) is 8.40. The predicted octanol–water partition coefficient (Wildman–Crippen LogP) is 2.68. The molecule has 78 valence electrons. The molecule has 0 saturated heterocycles. The van der Waals surface area contributed by atoms with Crippen LogP contribution in [0.25, 0.3) is 0 Å². The average Bonchev–Trinajstić information content (AvgIpc) is 2.19. The molecule has 1 aromatic rings. The molecule has 0 unspecified atom stereocenters. The van der Waals surface area contributed by atoms with Crippen LogP contribution in [-0.4, -0.2) is 6.61 Å². The zero-order chi connectivity index (χ0) is 10.4. The fourth-order valence-electron chi connectivity index (χ4n) is 1.04. The second-order valence-electron chi connectivity index (χ2n) is 2.88. The van der Waals surface area contributed by atoms with Crippen molar-refractivity contribution in [1.29, 1.82) is 0 Å². The minimum Gasteiger partial charge on any atom is -0.324 e. The Balaban J connectivity index is 2.64. The molecular weight excluding hydrogens is 198 g/mol. The molecule has 0 spiro atoms. The minimum absolute atomic E-state index is 0.00364. The first-order valence-electron chi connectivity index (χ1n) is 4.56. The third kappa shape index (κ3) is 3.31. The standard InChI is InChI=1S/C10H15NO2S/c1-3-12-13-14-10-7-5-4-6-9(10)8(2)11/h4-8H,3,11H2,1-2H3/t8-/m1/s1. The van der Waals surface area contributed by atoms with Gasteiger partial charge in [0.05, 0.1) is 18.6 Å². The normalized spacial score (nSPS) is 12.8. The molecule has 0 heterocycles. The summed E-state index contributed by atoms with van der Waals surface area (Å²) in [6.07, 6.45) is 0. The number of hydrogen-bond acceptors (Lipinski definition) is 4. The minimum atomic E-state index is 0.00364. The molecule has 3 nitrogen and oxygen atoms in total. The Labute approximate surface area is 88.7 Å². The molecule has 0 aliphatic rings. The molecule has 0 radical (unpaired) electrons. The number of rotatable bonds is 5. The summed E-state index contributed by atoms with van der Waals surface area (Å²) in [6, 6.07) is 7.86. The van der Waals surface area contributed by atoms with Gasteiger partial charge in [0.1, 0.15) is 0 Å². The maximum absolute atomic E-state index is 5.81. The van der Waals surface area contributed by atoms with Gasteiger partial charge in [-0.2, -0.15) is 4.33 Å². The third-order valence-corrected chi connectivity index (χ3v) is 2.41. The monoisotopic (exact) mass is 213 g/mol. The van der Waals surface area contributed by atoms with E-state index in [1.807, 2.05) is 38.1 Å². The molecule has 0 saturated carbocycles. The van der Waals surface area contributed by atoms with Crippen molar-refractivity contribution in [3.8, 4) is 0 Å². The molecule has 1 atom stereocenters. The van der Waals surface area contributed by atoms with E-state index in [1.165, 1.54) is 12.0 Å². The summed E-state index contributed by atoms with van der Waals surface area (Å²) in [4.78, 5) is 5.79. The van der Waals surface area contributed by atoms with Crippen molar-refractivity contribution in [2.24, 2.45) is 5.73 Å². The lowest BCUT2D eigenvalue weighted by Crippen LogP contribution is -2.06. The quantitative estimate of drug-likeness (QED) is 0.353. The van der Waals surface area contributed by atoms with Crippen LogP contribution >= 0.6 is 12.0 Å². The van der Waals surface area contributed by atoms with E-state index in [2.05, 4.69) is 0 Å². The lowest BCUT2D eigenvalue weighted by molar-refractivity contribution is -0.185. The van der Waals surface area contributed by atoms with Gasteiger partial charge in [-0.25, -0.2) is 4.89 Å². The highest BCUT2D eigenvalue weighted by Gasteiger charge is 2.06. The van der Waals surface area contributed by atoms with Crippen molar-refractivity contribution < 1.29 is 9.22 Å². The predicted molar refractivity (Wildman–Crippen MR) is 57.6 cm³/mol. The van der Waals surface area contributed by atoms with E-state index in [0.29, 0.717) is 6.61 Å². The highest BCUT2D eigenvalue weighted by Crippen LogP contribution is 2.26. The van der Waals surface area contributed by atoms with Crippen molar-refractivity contribution in [3.05, 3.63) is 29.8 Å². The third-order valence-electron chi connectivity index (χ3n) is 1.70. The van der Waals surface area contributed by atoms with Gasteiger partial charge in [-0.3, -0.25) is 0 Å². The van der Waals surface area contributed by atoms with Crippen LogP contribution in [0.5, 0.6) is 0 Å². The van der Waals surface area contributed by atoms with Crippen molar-refractivity contribution >= 4 is 12.0 Å². The maximum atomic E-state index is 5.81. The van der Waals surface area contributed by atoms with Gasteiger partial charge >= 0.3 is 0 Å². The topological polar surface area (TPSA) is 44.5 Å². The summed E-state index contributed by atoms with van der Waals surface area (Å²) in [5.41, 5.74) is 6.88. The summed E-state index contributed by atoms with van der Waals surface area (Å²) in [6.45, 7) is 4.35. The zero-order valence-corrected chi connectivity index (χ0v) is 9.21. The van der Waals surface area contributed by atoms with Crippen LogP contribution in [-0.2, 0) is 9.22 Å². The molecule has 4 heteroatoms. The van der Waals surface area contributed by atoms with E-state index in [1.54, 1.807) is 0 Å². The SMILES string of the molecule is CCOOSc1ccccc1[C@@H](C)N. The fourth-order valence-corrected chi connectivity index (χ4v) is 1.74. The first-order chi connectivity index (χ1) is 6.75. The number of hydrogen-bond donors (Lipinski definition) is 1. The number of nitrogens with two attached hydrogens (primary N) is 1. The van der Waals surface area contributed by atoms with Crippen LogP contribution in [0.4, 0.5) is 0 Å². The number of benzene rings is 1. The maximum Gasteiger partial charge on any atom is 0.0806 e. The largest absolute Gasteiger partial charge is 0.324 e. The lowest BCUT2D eigenvalue weighted by Gasteiger charge is -2.10. The lowest BCUT2D eigenvalue weighted by atomic mass is 10.1. The van der Waals surface area contributed by atoms with Crippen molar-refractivity contribution in [1.82, 2.24) is 0 Å². The molecule has 1 rings (SSSR count). The molecule has 14 heavy (non-hydrogen) atoms. The van der Waals surface area contributed by atoms with Gasteiger partial charge in [-0.15, -0.1) is 0 Å². The average molecular weight is 213 g/mol. The molecule has 0 aromatic heterocycles. The van der Waals surface area contributed by atoms with Crippen LogP contribution in [0.3, 0.4) is 0 Å². The highest BCUT2D eigenvalue weighted by molar-refractivity contribution is 7.94. The van der Waals surface area contributed by atoms with Crippen LogP contribution < -0.4 is 5.73 Å². The Kier molecular flexibility index (Phi) is 4.97. The molecular formula is C10H15NO2S. The summed E-state index contributed by atoms with van der Waals surface area (Å²) in [7, 11) is 0. The smallest absolute Gasteiger partial charge is 0.0806 e. The first kappa shape index (κ1) is 11.5. The highest BCUT2D eigenvalue weighted by atomic mass is 32.2. The van der Waals surface area contributed by atoms with Gasteiger partial charge in [0.2, 0.25) is 0 Å². The summed E-state index contributed by atoms with van der Waals surface area (Å²) in [5, 5.41) is 0. The Bertz CT molecular complexity index is 279. The van der Waals surface area contributed by atoms with Gasteiger partial charge in [0, 0.05) is 10.9 Å². The van der Waals surface area contributed by atoms with E-state index in [0.717, 1.165) is 10.5 Å². The molecule has 2 N–H and O–H groups in total. The molecule has 0 bridgehead atoms. The van der Waals surface area contributed by atoms with E-state index in [4.69, 9.17) is 15.0 Å². The fraction of sp³-hybridized carbons (Fsp3) is 0.400. The Morgan fingerprint density at radius 2 is 2.14 bits per heavy atom. The van der Waals surface area contributed by atoms with Gasteiger partial charge < -0.3 is 5.73 Å². The van der Waals surface area contributed by atoms with Gasteiger partial charge in [0.25, 0.3) is 0 Å². The van der Waals surface area contributed by atoms with Crippen molar-refractivity contribution in [2.45, 2.75) is 24.8 Å². The van der Waals surface area contributed by atoms with Gasteiger partial charge in [0.15, 0.2) is 0 Å². The van der Waals surface area contributed by atoms with Crippen LogP contribution in [0, 0.1) is 0 Å². The van der Waals surface area contributed by atoms with Crippen LogP contribution in [0.1, 0.15) is 25.5 Å². The molecule has 0 aliphatic heterocycles. The second kappa shape index (κ2) is 6.03. The van der Waals surface area contributed by atoms with E-state index >= 15 is 0 Å². The summed E-state index contributed by atoms with van der Waals surface area (Å²) < 4.78 is 4.92. The Morgan fingerprint density at radius 3 is 2.79 bits per heavy atom. The van der Waals surface area contributed by atoms with Gasteiger partial charge in [-0.1, -0.05) is 18.2 Å². The Hall–Kier alpha value is -0.550. The summed E-state index contributed by atoms with van der Waals surface area (Å²) >= 11 is 1.20. The van der Waals surface area contributed by atoms with Crippen LogP contribution in [0.2, 0.25) is 0 Å². The molecule has 0 fully saturated rings. The second-order valence-corrected chi connectivity index (χ2v) is 3.63. The van der Waals surface area contributed by atoms with Gasteiger partial charge in [-0.05, 0) is 25.5 Å². The van der Waals surface area contributed by atoms with E-state index in [9.17, 15) is 0 Å². The molecule has 0 amide bonds. The van der Waals surface area contributed by atoms with E-state index in [-0.39, 0.29) is 6.04 Å². The Morgan fingerprint density at radius 1 is 1.43 bits per heavy atom. The van der Waals surface area contributed by atoms with E-state index < -0.39 is 0 Å². The first-order valence-corrected chi connectivity index (χ1v) is 5.30. The van der Waals surface area contributed by atoms with Crippen molar-refractivity contribution in [3.63, 3.8) is 0 Å². The van der Waals surface area contributed by atoms with Crippen molar-refractivity contribution in [2.75, 3.05) is 6.61 Å². The molecule has 0 aliphatic carbocycles. The summed E-state index contributed by atoms with van der Waals surface area (Å²) in [5.74, 6) is 0. The molecule has 1 aromatic carbocycles.